The Labute approximate surface area is 128 Å². The fourth-order valence-electron chi connectivity index (χ4n) is 2.32. The predicted molar refractivity (Wildman–Crippen MR) is 71.2 cm³/mol. The lowest BCUT2D eigenvalue weighted by molar-refractivity contribution is -0.320. The van der Waals surface area contributed by atoms with E-state index in [9.17, 15) is 5.26 Å². The molecule has 7 heteroatoms. The molecule has 1 aromatic rings. The van der Waals surface area contributed by atoms with Crippen molar-refractivity contribution in [1.82, 2.24) is 0 Å². The van der Waals surface area contributed by atoms with Crippen LogP contribution in [0.1, 0.15) is 31.2 Å². The fraction of sp³-hybridized carbons (Fsp3) is 0.533. The van der Waals surface area contributed by atoms with Gasteiger partial charge in [-0.05, 0) is 12.8 Å². The molecule has 0 amide bonds. The van der Waals surface area contributed by atoms with Crippen molar-refractivity contribution in [2.45, 2.75) is 44.1 Å². The van der Waals surface area contributed by atoms with Crippen molar-refractivity contribution in [2.75, 3.05) is 6.79 Å². The van der Waals surface area contributed by atoms with Crippen molar-refractivity contribution >= 4 is 0 Å². The summed E-state index contributed by atoms with van der Waals surface area (Å²) >= 11 is 0. The minimum Gasteiger partial charge on any atom is -0.320 e. The highest BCUT2D eigenvalue weighted by molar-refractivity contribution is 5.26. The maximum Gasteiger partial charge on any atom is 0.318 e. The van der Waals surface area contributed by atoms with E-state index in [2.05, 4.69) is 4.89 Å². The predicted octanol–water partition coefficient (Wildman–Crippen LogP) is 2.49. The summed E-state index contributed by atoms with van der Waals surface area (Å²) in [5.41, 5.74) is 0.616. The third kappa shape index (κ3) is 3.44. The van der Waals surface area contributed by atoms with Crippen LogP contribution < -0.4 is 0 Å². The molecular formula is C15H17NO6. The second-order valence-corrected chi connectivity index (χ2v) is 5.03. The van der Waals surface area contributed by atoms with Crippen LogP contribution in [0.5, 0.6) is 0 Å². The van der Waals surface area contributed by atoms with Crippen LogP contribution >= 0.6 is 0 Å². The second kappa shape index (κ2) is 7.15. The Bertz CT molecular complexity index is 513. The van der Waals surface area contributed by atoms with Crippen LogP contribution in [-0.2, 0) is 34.8 Å². The smallest absolute Gasteiger partial charge is 0.318 e. The summed E-state index contributed by atoms with van der Waals surface area (Å²) < 4.78 is 10.8. The minimum absolute atomic E-state index is 0.176. The molecule has 0 aliphatic carbocycles. The normalized spacial score (nSPS) is 31.2. The number of nitrogens with zero attached hydrogens (tertiary/aromatic N) is 1. The number of rotatable bonds is 6. The summed E-state index contributed by atoms with van der Waals surface area (Å²) in [6, 6.07) is 11.1. The highest BCUT2D eigenvalue weighted by Crippen LogP contribution is 2.36. The van der Waals surface area contributed by atoms with Crippen molar-refractivity contribution < 1.29 is 29.0 Å². The summed E-state index contributed by atoms with van der Waals surface area (Å²) in [6.07, 6.45) is 2.17. The summed E-state index contributed by atoms with van der Waals surface area (Å²) in [4.78, 5) is 19.9. The Kier molecular flexibility index (Phi) is 5.00. The van der Waals surface area contributed by atoms with Gasteiger partial charge in [0.25, 0.3) is 0 Å². The first-order chi connectivity index (χ1) is 10.8. The highest BCUT2D eigenvalue weighted by atomic mass is 17.3. The van der Waals surface area contributed by atoms with Gasteiger partial charge in [0.05, 0.1) is 0 Å². The maximum atomic E-state index is 9.38. The van der Waals surface area contributed by atoms with Crippen LogP contribution in [-0.4, -0.2) is 19.4 Å². The van der Waals surface area contributed by atoms with Crippen LogP contribution in [0.2, 0.25) is 0 Å². The zero-order chi connectivity index (χ0) is 15.3. The lowest BCUT2D eigenvalue weighted by Crippen LogP contribution is -2.26. The first-order valence-electron chi connectivity index (χ1n) is 7.21. The van der Waals surface area contributed by atoms with Crippen LogP contribution in [0.25, 0.3) is 0 Å². The van der Waals surface area contributed by atoms with Gasteiger partial charge in [0.2, 0.25) is 0 Å². The monoisotopic (exact) mass is 307 g/mol. The van der Waals surface area contributed by atoms with Crippen LogP contribution in [0.3, 0.4) is 0 Å². The molecule has 1 unspecified atom stereocenters. The van der Waals surface area contributed by atoms with E-state index in [-0.39, 0.29) is 13.1 Å². The standard InChI is InChI=1S/C15H17NO6/c16-10-15(12-6-2-1-3-7-12)19-14(21-22-15)9-5-4-8-13-17-11-18-20-13/h1-3,6-7,13-14H,4-5,8-9,11H2/t13?,14-,15+/m0/s1. The molecule has 0 bridgehead atoms. The molecule has 0 spiro atoms. The number of unbranched alkanes of at least 4 members (excludes halogenated alkanes) is 1. The summed E-state index contributed by atoms with van der Waals surface area (Å²) in [6.45, 7) is 0.176. The van der Waals surface area contributed by atoms with Gasteiger partial charge in [0.15, 0.2) is 19.4 Å². The Morgan fingerprint density at radius 1 is 1.09 bits per heavy atom. The highest BCUT2D eigenvalue weighted by Gasteiger charge is 2.45. The van der Waals surface area contributed by atoms with Gasteiger partial charge in [0.1, 0.15) is 6.07 Å². The molecule has 2 fully saturated rings. The number of nitriles is 1. The zero-order valence-electron chi connectivity index (χ0n) is 12.0. The van der Waals surface area contributed by atoms with Gasteiger partial charge < -0.3 is 4.74 Å². The van der Waals surface area contributed by atoms with Crippen molar-refractivity contribution in [3.05, 3.63) is 35.9 Å². The second-order valence-electron chi connectivity index (χ2n) is 5.03. The van der Waals surface area contributed by atoms with Crippen molar-refractivity contribution in [3.63, 3.8) is 0 Å². The van der Waals surface area contributed by atoms with Crippen molar-refractivity contribution in [1.29, 1.82) is 5.26 Å². The average molecular weight is 307 g/mol. The SMILES string of the molecule is N#C[C@]1(c2ccccc2)OO[C@@H](CCCCC2OCOO2)O1. The van der Waals surface area contributed by atoms with Gasteiger partial charge in [-0.25, -0.2) is 9.78 Å². The summed E-state index contributed by atoms with van der Waals surface area (Å²) in [5, 5.41) is 9.38. The van der Waals surface area contributed by atoms with Gasteiger partial charge in [-0.2, -0.15) is 15.0 Å². The summed E-state index contributed by atoms with van der Waals surface area (Å²) in [5.74, 6) is -1.49. The number of benzene rings is 1. The average Bonchev–Trinajstić information content (AvgIpc) is 3.23. The Morgan fingerprint density at radius 2 is 1.86 bits per heavy atom. The Morgan fingerprint density at radius 3 is 2.55 bits per heavy atom. The lowest BCUT2D eigenvalue weighted by atomic mass is 10.1. The molecular weight excluding hydrogens is 290 g/mol. The third-order valence-electron chi connectivity index (χ3n) is 3.48. The van der Waals surface area contributed by atoms with Gasteiger partial charge in [-0.15, -0.1) is 0 Å². The van der Waals surface area contributed by atoms with Gasteiger partial charge >= 0.3 is 5.79 Å². The largest absolute Gasteiger partial charge is 0.320 e. The van der Waals surface area contributed by atoms with Crippen LogP contribution in [0.15, 0.2) is 30.3 Å². The van der Waals surface area contributed by atoms with Crippen LogP contribution in [0.4, 0.5) is 0 Å². The molecule has 2 aliphatic heterocycles. The lowest BCUT2D eigenvalue weighted by Gasteiger charge is -2.16. The van der Waals surface area contributed by atoms with Crippen molar-refractivity contribution in [3.8, 4) is 6.07 Å². The molecule has 1 aromatic carbocycles. The summed E-state index contributed by atoms with van der Waals surface area (Å²) in [7, 11) is 0. The third-order valence-corrected chi connectivity index (χ3v) is 3.48. The topological polar surface area (TPSA) is 79.2 Å². The first-order valence-corrected chi connectivity index (χ1v) is 7.21. The molecule has 22 heavy (non-hydrogen) atoms. The first kappa shape index (κ1) is 15.4. The van der Waals surface area contributed by atoms with E-state index in [1.807, 2.05) is 24.3 Å². The number of hydrogen-bond acceptors (Lipinski definition) is 7. The minimum atomic E-state index is -1.49. The van der Waals surface area contributed by atoms with E-state index < -0.39 is 12.1 Å². The van der Waals surface area contributed by atoms with Gasteiger partial charge in [-0.1, -0.05) is 30.3 Å². The van der Waals surface area contributed by atoms with Gasteiger partial charge in [-0.3, -0.25) is 4.74 Å². The molecule has 118 valence electrons. The molecule has 2 heterocycles. The Balaban J connectivity index is 1.46. The van der Waals surface area contributed by atoms with Crippen molar-refractivity contribution in [2.24, 2.45) is 0 Å². The van der Waals surface area contributed by atoms with E-state index in [1.165, 1.54) is 0 Å². The molecule has 2 aliphatic rings. The van der Waals surface area contributed by atoms with Gasteiger partial charge in [0, 0.05) is 18.4 Å². The fourth-order valence-corrected chi connectivity index (χ4v) is 2.32. The Hall–Kier alpha value is -1.53. The maximum absolute atomic E-state index is 9.38. The van der Waals surface area contributed by atoms with E-state index >= 15 is 0 Å². The molecule has 0 N–H and O–H groups in total. The van der Waals surface area contributed by atoms with E-state index in [1.54, 1.807) is 12.1 Å². The molecule has 0 aromatic heterocycles. The molecule has 0 saturated carbocycles. The quantitative estimate of drug-likeness (QED) is 0.590. The molecule has 7 nitrogen and oxygen atoms in total. The molecule has 3 rings (SSSR count). The number of hydrogen-bond donors (Lipinski definition) is 0. The zero-order valence-corrected chi connectivity index (χ0v) is 12.0. The van der Waals surface area contributed by atoms with E-state index in [4.69, 9.17) is 24.1 Å². The molecule has 0 radical (unpaired) electrons. The molecule has 2 saturated heterocycles. The van der Waals surface area contributed by atoms with E-state index in [0.717, 1.165) is 19.3 Å². The molecule has 3 atom stereocenters. The van der Waals surface area contributed by atoms with Crippen LogP contribution in [0, 0.1) is 11.3 Å². The number of ether oxygens (including phenoxy) is 2. The van der Waals surface area contributed by atoms with E-state index in [0.29, 0.717) is 12.0 Å².